The van der Waals surface area contributed by atoms with E-state index >= 15 is 0 Å². The summed E-state index contributed by atoms with van der Waals surface area (Å²) in [7, 11) is 0. The van der Waals surface area contributed by atoms with Crippen molar-refractivity contribution >= 4 is 4.40 Å². The Kier molecular flexibility index (Phi) is 4.05. The summed E-state index contributed by atoms with van der Waals surface area (Å²) in [6.07, 6.45) is 1.18. The molecule has 4 heavy (non-hydrogen) atoms. The predicted molar refractivity (Wildman–Crippen MR) is 16.4 cm³/mol. The van der Waals surface area contributed by atoms with Crippen molar-refractivity contribution in [2.24, 2.45) is 0 Å². The van der Waals surface area contributed by atoms with Crippen LogP contribution in [-0.4, -0.2) is 4.40 Å². The third-order valence-electron chi connectivity index (χ3n) is 0.129. The fourth-order valence-electron chi connectivity index (χ4n) is 0. The second-order valence-corrected chi connectivity index (χ2v) is 1.46. The summed E-state index contributed by atoms with van der Waals surface area (Å²) < 4.78 is 2.10. The van der Waals surface area contributed by atoms with Crippen molar-refractivity contribution in [2.75, 3.05) is 0 Å². The molecule has 0 rings (SSSR count). The first-order valence-corrected chi connectivity index (χ1v) is 2.61. The monoisotopic (exact) mass is 237 g/mol. The molecule has 0 aromatic rings. The van der Waals surface area contributed by atoms with Crippen LogP contribution in [-0.2, 0) is 19.4 Å². The third kappa shape index (κ3) is 2.56. The number of rotatable bonds is 1. The van der Waals surface area contributed by atoms with E-state index in [0.717, 1.165) is 0 Å². The quantitative estimate of drug-likeness (QED) is 0.631. The molecule has 0 amide bonds. The molecule has 0 aliphatic carbocycles. The van der Waals surface area contributed by atoms with Gasteiger partial charge in [0.15, 0.2) is 0 Å². The molecule has 0 saturated heterocycles. The zero-order chi connectivity index (χ0) is 3.41. The molecule has 0 unspecified atom stereocenters. The molecule has 0 aliphatic heterocycles. The van der Waals surface area contributed by atoms with Crippen LogP contribution in [0.5, 0.6) is 0 Å². The van der Waals surface area contributed by atoms with Crippen molar-refractivity contribution in [2.45, 2.75) is 13.3 Å². The summed E-state index contributed by atoms with van der Waals surface area (Å²) in [6.45, 7) is 2.12. The third-order valence-corrected chi connectivity index (χ3v) is 1.06. The molecule has 0 nitrogen and oxygen atoms in total. The average Bonchev–Trinajstić information content (AvgIpc) is 1.37. The SMILES string of the molecule is CC[CH]=[Pt]. The summed E-state index contributed by atoms with van der Waals surface area (Å²) in [5.74, 6) is 0. The zero-order valence-electron chi connectivity index (χ0n) is 2.60. The second-order valence-electron chi connectivity index (χ2n) is 0.537. The molecule has 0 radical (unpaired) electrons. The Labute approximate surface area is 37.6 Å². The Morgan fingerprint density at radius 1 is 2.00 bits per heavy atom. The minimum absolute atomic E-state index is 1.18. The fourth-order valence-corrected chi connectivity index (χ4v) is 0. The van der Waals surface area contributed by atoms with E-state index in [9.17, 15) is 0 Å². The molecule has 0 saturated carbocycles. The average molecular weight is 237 g/mol. The van der Waals surface area contributed by atoms with Crippen LogP contribution in [0.1, 0.15) is 13.3 Å². The van der Waals surface area contributed by atoms with Crippen molar-refractivity contribution in [1.29, 1.82) is 0 Å². The van der Waals surface area contributed by atoms with Crippen molar-refractivity contribution < 1.29 is 19.4 Å². The van der Waals surface area contributed by atoms with E-state index < -0.39 is 0 Å². The number of hydrogen-bond donors (Lipinski definition) is 0. The molecule has 0 aromatic heterocycles. The minimum atomic E-state index is 1.18. The van der Waals surface area contributed by atoms with Crippen LogP contribution < -0.4 is 0 Å². The molecule has 0 N–H and O–H groups in total. The molecular formula is C3H6Pt. The first-order chi connectivity index (χ1) is 1.91. The molecule has 0 atom stereocenters. The van der Waals surface area contributed by atoms with E-state index in [0.29, 0.717) is 0 Å². The van der Waals surface area contributed by atoms with E-state index in [-0.39, 0.29) is 0 Å². The number of hydrogen-bond acceptors (Lipinski definition) is 0. The van der Waals surface area contributed by atoms with Gasteiger partial charge >= 0.3 is 37.1 Å². The van der Waals surface area contributed by atoms with Crippen LogP contribution in [0.3, 0.4) is 0 Å². The summed E-state index contributed by atoms with van der Waals surface area (Å²) >= 11 is 2.21. The van der Waals surface area contributed by atoms with Gasteiger partial charge in [-0.1, -0.05) is 0 Å². The first-order valence-electron chi connectivity index (χ1n) is 1.30. The van der Waals surface area contributed by atoms with Gasteiger partial charge in [-0.15, -0.1) is 0 Å². The van der Waals surface area contributed by atoms with Gasteiger partial charge in [-0.05, 0) is 0 Å². The van der Waals surface area contributed by atoms with Crippen molar-refractivity contribution in [3.63, 3.8) is 0 Å². The standard InChI is InChI=1S/C3H6.Pt/c1-3-2;/h1H,3H2,2H3;. The maximum absolute atomic E-state index is 2.21. The molecule has 0 aliphatic rings. The van der Waals surface area contributed by atoms with Crippen LogP contribution in [0, 0.1) is 0 Å². The van der Waals surface area contributed by atoms with Gasteiger partial charge in [0.1, 0.15) is 0 Å². The van der Waals surface area contributed by atoms with Crippen LogP contribution in [0.25, 0.3) is 0 Å². The van der Waals surface area contributed by atoms with E-state index in [1.54, 1.807) is 0 Å². The van der Waals surface area contributed by atoms with Gasteiger partial charge < -0.3 is 0 Å². The second kappa shape index (κ2) is 3.56. The van der Waals surface area contributed by atoms with Crippen LogP contribution in [0.2, 0.25) is 0 Å². The molecule has 0 aromatic carbocycles. The Balaban J connectivity index is 2.30. The normalized spacial score (nSPS) is 6.75. The van der Waals surface area contributed by atoms with Gasteiger partial charge in [0, 0.05) is 0 Å². The molecule has 28 valence electrons. The van der Waals surface area contributed by atoms with Crippen LogP contribution >= 0.6 is 0 Å². The summed E-state index contributed by atoms with van der Waals surface area (Å²) in [5, 5.41) is 0. The van der Waals surface area contributed by atoms with E-state index in [1.807, 2.05) is 0 Å². The molecular weight excluding hydrogens is 231 g/mol. The zero-order valence-corrected chi connectivity index (χ0v) is 4.87. The van der Waals surface area contributed by atoms with Gasteiger partial charge in [0.05, 0.1) is 0 Å². The summed E-state index contributed by atoms with van der Waals surface area (Å²) in [4.78, 5) is 0. The Morgan fingerprint density at radius 3 is 2.25 bits per heavy atom. The van der Waals surface area contributed by atoms with Gasteiger partial charge in [0.2, 0.25) is 0 Å². The summed E-state index contributed by atoms with van der Waals surface area (Å²) in [6, 6.07) is 0. The molecule has 0 heterocycles. The first kappa shape index (κ1) is 4.56. The molecule has 0 spiro atoms. The molecule has 0 fully saturated rings. The summed E-state index contributed by atoms with van der Waals surface area (Å²) in [5.41, 5.74) is 0. The van der Waals surface area contributed by atoms with Crippen LogP contribution in [0.4, 0.5) is 0 Å². The van der Waals surface area contributed by atoms with Gasteiger partial charge in [-0.3, -0.25) is 0 Å². The van der Waals surface area contributed by atoms with Crippen LogP contribution in [0.15, 0.2) is 0 Å². The maximum atomic E-state index is 2.21. The fraction of sp³-hybridized carbons (Fsp3) is 0.667. The van der Waals surface area contributed by atoms with Crippen molar-refractivity contribution in [3.05, 3.63) is 0 Å². The molecule has 1 heteroatoms. The van der Waals surface area contributed by atoms with E-state index in [2.05, 4.69) is 30.7 Å². The van der Waals surface area contributed by atoms with Gasteiger partial charge in [-0.2, -0.15) is 0 Å². The van der Waals surface area contributed by atoms with Crippen molar-refractivity contribution in [3.8, 4) is 0 Å². The van der Waals surface area contributed by atoms with E-state index in [1.165, 1.54) is 6.42 Å². The van der Waals surface area contributed by atoms with Crippen molar-refractivity contribution in [1.82, 2.24) is 0 Å². The Morgan fingerprint density at radius 2 is 2.25 bits per heavy atom. The topological polar surface area (TPSA) is 0 Å². The Hall–Kier alpha value is 0.558. The Bertz CT molecular complexity index is 17.2. The molecule has 0 bridgehead atoms. The van der Waals surface area contributed by atoms with Gasteiger partial charge in [-0.25, -0.2) is 0 Å². The van der Waals surface area contributed by atoms with E-state index in [4.69, 9.17) is 0 Å². The predicted octanol–water partition coefficient (Wildman–Crippen LogP) is 0.745. The van der Waals surface area contributed by atoms with Gasteiger partial charge in [0.25, 0.3) is 0 Å².